The van der Waals surface area contributed by atoms with Gasteiger partial charge in [0.1, 0.15) is 6.61 Å². The van der Waals surface area contributed by atoms with E-state index in [1.165, 1.54) is 0 Å². The Morgan fingerprint density at radius 1 is 1.02 bits per heavy atom. The first-order chi connectivity index (χ1) is 20.0. The van der Waals surface area contributed by atoms with Crippen LogP contribution in [0.25, 0.3) is 0 Å². The summed E-state index contributed by atoms with van der Waals surface area (Å²) in [5.74, 6) is -1.67. The zero-order chi connectivity index (χ0) is 29.5. The number of nitrogens with zero attached hydrogens (tertiary/aromatic N) is 1. The number of amides is 2. The minimum atomic E-state index is -0.619. The number of nitrogens with one attached hydrogen (secondary N) is 1. The lowest BCUT2D eigenvalue weighted by atomic mass is 9.94. The number of hydrogen-bond donors (Lipinski definition) is 2. The Bertz CT molecular complexity index is 1120. The third kappa shape index (κ3) is 10.0. The molecule has 0 bridgehead atoms. The van der Waals surface area contributed by atoms with Gasteiger partial charge in [-0.15, -0.1) is 13.2 Å². The van der Waals surface area contributed by atoms with Crippen molar-refractivity contribution in [1.29, 1.82) is 0 Å². The summed E-state index contributed by atoms with van der Waals surface area (Å²) in [5, 5.41) is 12.7. The molecule has 0 unspecified atom stereocenters. The van der Waals surface area contributed by atoms with E-state index in [1.807, 2.05) is 66.7 Å². The summed E-state index contributed by atoms with van der Waals surface area (Å²) in [4.78, 5) is 41.5. The second kappa shape index (κ2) is 17.2. The number of benzene rings is 2. The molecule has 4 atom stereocenters. The largest absolute Gasteiger partial charge is 0.463 e. The minimum absolute atomic E-state index is 0.0190. The molecular weight excluding hydrogens is 516 g/mol. The monoisotopic (exact) mass is 560 g/mol. The highest BCUT2D eigenvalue weighted by atomic mass is 16.5. The normalized spacial score (nSPS) is 16.8. The molecule has 1 fully saturated rings. The van der Waals surface area contributed by atoms with Crippen LogP contribution in [0.4, 0.5) is 0 Å². The molecule has 3 rings (SSSR count). The Morgan fingerprint density at radius 3 is 2.39 bits per heavy atom. The van der Waals surface area contributed by atoms with Crippen molar-refractivity contribution in [2.24, 2.45) is 11.8 Å². The van der Waals surface area contributed by atoms with E-state index in [2.05, 4.69) is 18.5 Å². The van der Waals surface area contributed by atoms with Crippen molar-refractivity contribution < 1.29 is 24.2 Å². The van der Waals surface area contributed by atoms with Gasteiger partial charge in [0.2, 0.25) is 11.8 Å². The molecule has 1 aliphatic heterocycles. The fourth-order valence-electron chi connectivity index (χ4n) is 5.36. The van der Waals surface area contributed by atoms with Crippen molar-refractivity contribution in [2.45, 2.75) is 63.5 Å². The van der Waals surface area contributed by atoms with Gasteiger partial charge in [0.15, 0.2) is 0 Å². The van der Waals surface area contributed by atoms with Crippen LogP contribution in [0.1, 0.15) is 62.1 Å². The first kappa shape index (κ1) is 31.8. The number of esters is 1. The number of aliphatic hydroxyl groups is 1. The number of carbonyl (C=O) groups excluding carboxylic acids is 3. The summed E-state index contributed by atoms with van der Waals surface area (Å²) in [6, 6.07) is 18.5. The van der Waals surface area contributed by atoms with Gasteiger partial charge in [0.05, 0.1) is 30.5 Å². The molecule has 2 amide bonds. The lowest BCUT2D eigenvalue weighted by Gasteiger charge is -2.27. The van der Waals surface area contributed by atoms with Crippen molar-refractivity contribution in [2.75, 3.05) is 19.8 Å². The Hall–Kier alpha value is -3.71. The van der Waals surface area contributed by atoms with E-state index >= 15 is 0 Å². The van der Waals surface area contributed by atoms with E-state index in [4.69, 9.17) is 4.74 Å². The molecule has 0 aliphatic carbocycles. The zero-order valence-corrected chi connectivity index (χ0v) is 24.0. The Balaban J connectivity index is 1.69. The van der Waals surface area contributed by atoms with E-state index in [9.17, 15) is 19.5 Å². The van der Waals surface area contributed by atoms with Crippen molar-refractivity contribution in [3.63, 3.8) is 0 Å². The molecule has 2 N–H and O–H groups in total. The molecule has 7 nitrogen and oxygen atoms in total. The van der Waals surface area contributed by atoms with E-state index < -0.39 is 12.0 Å². The molecule has 41 heavy (non-hydrogen) atoms. The number of likely N-dealkylation sites (tertiary alicyclic amines) is 1. The van der Waals surface area contributed by atoms with Crippen LogP contribution < -0.4 is 5.32 Å². The number of hydrogen-bond acceptors (Lipinski definition) is 5. The van der Waals surface area contributed by atoms with E-state index in [1.54, 1.807) is 11.0 Å². The second-order valence-corrected chi connectivity index (χ2v) is 10.7. The van der Waals surface area contributed by atoms with Crippen LogP contribution in [0.3, 0.4) is 0 Å². The maximum atomic E-state index is 13.5. The van der Waals surface area contributed by atoms with Gasteiger partial charge in [-0.2, -0.15) is 0 Å². The molecule has 2 aromatic rings. The number of allylic oxidation sites excluding steroid dienone is 2. The Morgan fingerprint density at radius 2 is 1.73 bits per heavy atom. The van der Waals surface area contributed by atoms with Crippen LogP contribution in [0.5, 0.6) is 0 Å². The van der Waals surface area contributed by atoms with Crippen LogP contribution in [0.15, 0.2) is 86.0 Å². The highest BCUT2D eigenvalue weighted by molar-refractivity contribution is 5.86. The van der Waals surface area contributed by atoms with Crippen molar-refractivity contribution in [3.05, 3.63) is 97.1 Å². The highest BCUT2D eigenvalue weighted by Gasteiger charge is 2.32. The van der Waals surface area contributed by atoms with E-state index in [0.29, 0.717) is 25.8 Å². The number of aliphatic hydroxyl groups excluding tert-OH is 1. The molecule has 0 aromatic heterocycles. The van der Waals surface area contributed by atoms with E-state index in [0.717, 1.165) is 36.8 Å². The second-order valence-electron chi connectivity index (χ2n) is 10.7. The molecule has 1 heterocycles. The van der Waals surface area contributed by atoms with Crippen LogP contribution in [0, 0.1) is 11.8 Å². The number of carbonyl (C=O) groups is 3. The number of rotatable bonds is 17. The van der Waals surface area contributed by atoms with Gasteiger partial charge < -0.3 is 20.1 Å². The van der Waals surface area contributed by atoms with Crippen molar-refractivity contribution in [3.8, 4) is 0 Å². The smallest absolute Gasteiger partial charge is 0.309 e. The zero-order valence-electron chi connectivity index (χ0n) is 24.0. The molecule has 2 aromatic carbocycles. The van der Waals surface area contributed by atoms with Gasteiger partial charge in [0.25, 0.3) is 0 Å². The van der Waals surface area contributed by atoms with Crippen molar-refractivity contribution >= 4 is 17.8 Å². The third-order valence-corrected chi connectivity index (χ3v) is 7.68. The summed E-state index contributed by atoms with van der Waals surface area (Å²) >= 11 is 0. The molecular formula is C34H44N2O5. The molecule has 0 radical (unpaired) electrons. The fourth-order valence-corrected chi connectivity index (χ4v) is 5.36. The SMILES string of the molecule is C=CCCC[C@H](Cc1ccccc1)C(=O)OC[C@H](NC(=O)[C@H](CC=C)CC(=O)N1CCC[C@H]1CO)c1ccccc1. The molecule has 0 saturated carbocycles. The van der Waals surface area contributed by atoms with Gasteiger partial charge in [-0.05, 0) is 56.1 Å². The number of ether oxygens (including phenoxy) is 1. The summed E-state index contributed by atoms with van der Waals surface area (Å²) in [6.45, 7) is 8.06. The van der Waals surface area contributed by atoms with Gasteiger partial charge in [-0.25, -0.2) is 0 Å². The van der Waals surface area contributed by atoms with Crippen molar-refractivity contribution in [1.82, 2.24) is 10.2 Å². The molecule has 1 saturated heterocycles. The van der Waals surface area contributed by atoms with Gasteiger partial charge in [-0.1, -0.05) is 72.8 Å². The van der Waals surface area contributed by atoms with Gasteiger partial charge in [-0.3, -0.25) is 14.4 Å². The van der Waals surface area contributed by atoms with Crippen LogP contribution >= 0.6 is 0 Å². The average Bonchev–Trinajstić information content (AvgIpc) is 3.48. The molecule has 0 spiro atoms. The Kier molecular flexibility index (Phi) is 13.3. The van der Waals surface area contributed by atoms with E-state index in [-0.39, 0.29) is 49.4 Å². The fraction of sp³-hybridized carbons (Fsp3) is 0.441. The summed E-state index contributed by atoms with van der Waals surface area (Å²) in [6.07, 6.45) is 8.37. The maximum Gasteiger partial charge on any atom is 0.309 e. The van der Waals surface area contributed by atoms with Gasteiger partial charge in [0, 0.05) is 13.0 Å². The predicted molar refractivity (Wildman–Crippen MR) is 161 cm³/mol. The predicted octanol–water partition coefficient (Wildman–Crippen LogP) is 5.17. The maximum absolute atomic E-state index is 13.5. The standard InChI is InChI=1S/C34H44N2O5/c1-3-5-8-19-29(22-26-15-9-6-10-16-26)34(40)41-25-31(27-17-11-7-12-18-27)35-33(39)28(14-4-2)23-32(38)36-21-13-20-30(36)24-37/h3-4,6-7,9-12,15-18,28-31,37H,1-2,5,8,13-14,19-25H2,(H,35,39)/t28-,29-,30+,31+/m1/s1. The molecule has 7 heteroatoms. The first-order valence-electron chi connectivity index (χ1n) is 14.6. The molecule has 220 valence electrons. The summed E-state index contributed by atoms with van der Waals surface area (Å²) in [5.41, 5.74) is 1.88. The highest BCUT2D eigenvalue weighted by Crippen LogP contribution is 2.23. The molecule has 1 aliphatic rings. The third-order valence-electron chi connectivity index (χ3n) is 7.68. The lowest BCUT2D eigenvalue weighted by Crippen LogP contribution is -2.42. The lowest BCUT2D eigenvalue weighted by molar-refractivity contribution is -0.150. The summed E-state index contributed by atoms with van der Waals surface area (Å²) < 4.78 is 5.85. The average molecular weight is 561 g/mol. The summed E-state index contributed by atoms with van der Waals surface area (Å²) in [7, 11) is 0. The quantitative estimate of drug-likeness (QED) is 0.158. The van der Waals surface area contributed by atoms with Crippen LogP contribution in [-0.2, 0) is 25.5 Å². The minimum Gasteiger partial charge on any atom is -0.463 e. The van der Waals surface area contributed by atoms with Gasteiger partial charge >= 0.3 is 5.97 Å². The first-order valence-corrected chi connectivity index (χ1v) is 14.6. The van der Waals surface area contributed by atoms with Crippen LogP contribution in [-0.4, -0.2) is 53.6 Å². The topological polar surface area (TPSA) is 95.9 Å². The number of unbranched alkanes of at least 4 members (excludes halogenated alkanes) is 1. The Labute approximate surface area is 244 Å². The van der Waals surface area contributed by atoms with Crippen LogP contribution in [0.2, 0.25) is 0 Å².